The van der Waals surface area contributed by atoms with Crippen LogP contribution in [0.15, 0.2) is 42.5 Å². The second-order valence-corrected chi connectivity index (χ2v) is 7.67. The van der Waals surface area contributed by atoms with Gasteiger partial charge in [-0.25, -0.2) is 0 Å². The van der Waals surface area contributed by atoms with Crippen LogP contribution in [0.3, 0.4) is 0 Å². The predicted molar refractivity (Wildman–Crippen MR) is 115 cm³/mol. The van der Waals surface area contributed by atoms with Crippen molar-refractivity contribution < 1.29 is 14.3 Å². The van der Waals surface area contributed by atoms with Crippen molar-refractivity contribution in [2.24, 2.45) is 0 Å². The van der Waals surface area contributed by atoms with Crippen molar-refractivity contribution in [2.75, 3.05) is 26.2 Å². The number of rotatable bonds is 3. The highest BCUT2D eigenvalue weighted by Gasteiger charge is 2.34. The lowest BCUT2D eigenvalue weighted by atomic mass is 10.0. The zero-order valence-corrected chi connectivity index (χ0v) is 17.4. The van der Waals surface area contributed by atoms with E-state index in [1.54, 1.807) is 0 Å². The number of fused-ring (bicyclic) bond motifs is 1. The molecule has 4 rings (SSSR count). The Bertz CT molecular complexity index is 875. The molecule has 0 bridgehead atoms. The first-order valence-corrected chi connectivity index (χ1v) is 10.1. The number of piperidine rings is 1. The molecular weight excluding hydrogens is 390 g/mol. The van der Waals surface area contributed by atoms with Gasteiger partial charge in [0.15, 0.2) is 0 Å². The summed E-state index contributed by atoms with van der Waals surface area (Å²) in [5.41, 5.74) is 0.651. The molecule has 2 aromatic rings. The molecule has 7 heteroatoms. The predicted octanol–water partition coefficient (Wildman–Crippen LogP) is 2.36. The van der Waals surface area contributed by atoms with Gasteiger partial charge in [0.05, 0.1) is 12.7 Å². The van der Waals surface area contributed by atoms with Crippen LogP contribution in [0, 0.1) is 0 Å². The number of amides is 2. The molecule has 0 aliphatic carbocycles. The number of hydrogen-bond acceptors (Lipinski definition) is 4. The van der Waals surface area contributed by atoms with Crippen molar-refractivity contribution in [3.8, 4) is 0 Å². The van der Waals surface area contributed by atoms with Gasteiger partial charge in [-0.1, -0.05) is 30.3 Å². The largest absolute Gasteiger partial charge is 0.375 e. The normalized spacial score (nSPS) is 24.6. The van der Waals surface area contributed by atoms with Crippen LogP contribution in [0.1, 0.15) is 30.1 Å². The van der Waals surface area contributed by atoms with Gasteiger partial charge >= 0.3 is 0 Å². The van der Waals surface area contributed by atoms with E-state index in [0.29, 0.717) is 25.3 Å². The standard InChI is InChI=1S/C22H27N3O3.ClH/c1-15-20(23-10-12-28-15)22(27)25-11-4-7-19(14-25)24-21(26)18-9-8-16-5-2-3-6-17(16)13-18;/h2-3,5-6,8-9,13,15,19-20,23H,4,7,10-12,14H2,1H3,(H,24,26);1H/t15-,19?,20+;/m1./s1. The maximum absolute atomic E-state index is 12.9. The van der Waals surface area contributed by atoms with Crippen LogP contribution in [-0.2, 0) is 9.53 Å². The molecule has 156 valence electrons. The third kappa shape index (κ3) is 4.89. The molecule has 2 N–H and O–H groups in total. The summed E-state index contributed by atoms with van der Waals surface area (Å²) in [6, 6.07) is 13.4. The molecule has 0 aromatic heterocycles. The van der Waals surface area contributed by atoms with Crippen LogP contribution in [0.25, 0.3) is 10.8 Å². The van der Waals surface area contributed by atoms with Crippen LogP contribution in [0.2, 0.25) is 0 Å². The van der Waals surface area contributed by atoms with Crippen LogP contribution >= 0.6 is 12.4 Å². The number of morpholine rings is 1. The maximum Gasteiger partial charge on any atom is 0.251 e. The van der Waals surface area contributed by atoms with Gasteiger partial charge in [-0.3, -0.25) is 9.59 Å². The molecule has 2 amide bonds. The number of carbonyl (C=O) groups excluding carboxylic acids is 2. The first-order valence-electron chi connectivity index (χ1n) is 10.1. The van der Waals surface area contributed by atoms with Crippen molar-refractivity contribution in [3.05, 3.63) is 48.0 Å². The number of benzene rings is 2. The minimum absolute atomic E-state index is 0. The molecule has 2 aromatic carbocycles. The lowest BCUT2D eigenvalue weighted by Gasteiger charge is -2.38. The fraction of sp³-hybridized carbons (Fsp3) is 0.455. The first-order chi connectivity index (χ1) is 13.6. The average Bonchev–Trinajstić information content (AvgIpc) is 2.73. The van der Waals surface area contributed by atoms with Crippen LogP contribution in [0.5, 0.6) is 0 Å². The van der Waals surface area contributed by atoms with Crippen molar-refractivity contribution in [1.29, 1.82) is 0 Å². The van der Waals surface area contributed by atoms with E-state index in [2.05, 4.69) is 10.6 Å². The molecule has 0 spiro atoms. The smallest absolute Gasteiger partial charge is 0.251 e. The number of ether oxygens (including phenoxy) is 1. The number of halogens is 1. The number of hydrogen-bond donors (Lipinski definition) is 2. The molecule has 2 fully saturated rings. The van der Waals surface area contributed by atoms with E-state index < -0.39 is 0 Å². The molecule has 6 nitrogen and oxygen atoms in total. The number of nitrogens with one attached hydrogen (secondary N) is 2. The summed E-state index contributed by atoms with van der Waals surface area (Å²) < 4.78 is 5.61. The molecule has 2 saturated heterocycles. The Morgan fingerprint density at radius 1 is 1.17 bits per heavy atom. The highest BCUT2D eigenvalue weighted by molar-refractivity contribution is 5.98. The monoisotopic (exact) mass is 417 g/mol. The zero-order valence-electron chi connectivity index (χ0n) is 16.6. The summed E-state index contributed by atoms with van der Waals surface area (Å²) in [4.78, 5) is 27.5. The van der Waals surface area contributed by atoms with E-state index in [0.717, 1.165) is 30.2 Å². The zero-order chi connectivity index (χ0) is 19.5. The second-order valence-electron chi connectivity index (χ2n) is 7.67. The summed E-state index contributed by atoms with van der Waals surface area (Å²) >= 11 is 0. The minimum atomic E-state index is -0.302. The molecule has 0 saturated carbocycles. The van der Waals surface area contributed by atoms with Gasteiger partial charge < -0.3 is 20.3 Å². The van der Waals surface area contributed by atoms with E-state index >= 15 is 0 Å². The number of nitrogens with zero attached hydrogens (tertiary/aromatic N) is 1. The van der Waals surface area contributed by atoms with Crippen LogP contribution < -0.4 is 10.6 Å². The highest BCUT2D eigenvalue weighted by atomic mass is 35.5. The van der Waals surface area contributed by atoms with Crippen LogP contribution in [0.4, 0.5) is 0 Å². The van der Waals surface area contributed by atoms with Gasteiger partial charge in [0.1, 0.15) is 6.04 Å². The van der Waals surface area contributed by atoms with E-state index in [9.17, 15) is 9.59 Å². The summed E-state index contributed by atoms with van der Waals surface area (Å²) in [6.07, 6.45) is 1.64. The fourth-order valence-electron chi connectivity index (χ4n) is 4.10. The molecule has 2 aliphatic heterocycles. The lowest BCUT2D eigenvalue weighted by Crippen LogP contribution is -2.59. The van der Waals surface area contributed by atoms with E-state index in [4.69, 9.17) is 4.74 Å². The third-order valence-corrected chi connectivity index (χ3v) is 5.66. The number of likely N-dealkylation sites (tertiary alicyclic amines) is 1. The lowest BCUT2D eigenvalue weighted by molar-refractivity contribution is -0.140. The van der Waals surface area contributed by atoms with Gasteiger partial charge in [-0.15, -0.1) is 12.4 Å². The van der Waals surface area contributed by atoms with Gasteiger partial charge in [0.2, 0.25) is 5.91 Å². The first kappa shape index (κ1) is 21.6. The van der Waals surface area contributed by atoms with Gasteiger partial charge in [0, 0.05) is 31.2 Å². The second kappa shape index (κ2) is 9.57. The number of carbonyl (C=O) groups is 2. The minimum Gasteiger partial charge on any atom is -0.375 e. The molecule has 3 atom stereocenters. The molecule has 2 heterocycles. The Kier molecular flexibility index (Phi) is 7.11. The van der Waals surface area contributed by atoms with Gasteiger partial charge in [0.25, 0.3) is 5.91 Å². The summed E-state index contributed by atoms with van der Waals surface area (Å²) in [6.45, 7) is 4.53. The average molecular weight is 418 g/mol. The molecule has 29 heavy (non-hydrogen) atoms. The Hall–Kier alpha value is -2.15. The SMILES string of the molecule is C[C@H]1OCCN[C@@H]1C(=O)N1CCCC(NC(=O)c2ccc3ccccc3c2)C1.Cl. The topological polar surface area (TPSA) is 70.7 Å². The Balaban J connectivity index is 0.00000240. The Labute approximate surface area is 177 Å². The molecule has 2 aliphatic rings. The van der Waals surface area contributed by atoms with Crippen molar-refractivity contribution >= 4 is 35.0 Å². The quantitative estimate of drug-likeness (QED) is 0.804. The van der Waals surface area contributed by atoms with Crippen molar-refractivity contribution in [2.45, 2.75) is 38.0 Å². The van der Waals surface area contributed by atoms with Crippen molar-refractivity contribution in [3.63, 3.8) is 0 Å². The summed E-state index contributed by atoms with van der Waals surface area (Å²) in [7, 11) is 0. The van der Waals surface area contributed by atoms with E-state index in [1.165, 1.54) is 0 Å². The van der Waals surface area contributed by atoms with E-state index in [1.807, 2.05) is 54.3 Å². The molecule has 1 unspecified atom stereocenters. The van der Waals surface area contributed by atoms with E-state index in [-0.39, 0.29) is 42.4 Å². The van der Waals surface area contributed by atoms with Crippen molar-refractivity contribution in [1.82, 2.24) is 15.5 Å². The highest BCUT2D eigenvalue weighted by Crippen LogP contribution is 2.18. The van der Waals surface area contributed by atoms with Gasteiger partial charge in [-0.05, 0) is 42.7 Å². The summed E-state index contributed by atoms with van der Waals surface area (Å²) in [5.74, 6) is -0.0191. The summed E-state index contributed by atoms with van der Waals surface area (Å²) in [5, 5.41) is 8.54. The molecular formula is C22H28ClN3O3. The third-order valence-electron chi connectivity index (χ3n) is 5.66. The van der Waals surface area contributed by atoms with Gasteiger partial charge in [-0.2, -0.15) is 0 Å². The molecule has 0 radical (unpaired) electrons. The Morgan fingerprint density at radius 2 is 1.97 bits per heavy atom. The Morgan fingerprint density at radius 3 is 2.76 bits per heavy atom. The van der Waals surface area contributed by atoms with Crippen LogP contribution in [-0.4, -0.2) is 61.1 Å². The maximum atomic E-state index is 12.9. The fourth-order valence-corrected chi connectivity index (χ4v) is 4.10.